The SMILES string of the molecule is CC(C)(C)OC(=O)N1CCC(C2CCCC2=O)C1. The van der Waals surface area contributed by atoms with Crippen LogP contribution in [-0.2, 0) is 9.53 Å². The summed E-state index contributed by atoms with van der Waals surface area (Å²) in [5, 5.41) is 0. The van der Waals surface area contributed by atoms with Crippen LogP contribution >= 0.6 is 0 Å². The zero-order chi connectivity index (χ0) is 13.3. The second-order valence-corrected chi connectivity index (χ2v) is 6.44. The van der Waals surface area contributed by atoms with Crippen molar-refractivity contribution >= 4 is 11.9 Å². The summed E-state index contributed by atoms with van der Waals surface area (Å²) in [6.45, 7) is 7.03. The van der Waals surface area contributed by atoms with Crippen LogP contribution in [0.2, 0.25) is 0 Å². The molecule has 1 saturated heterocycles. The Balaban J connectivity index is 1.88. The first-order chi connectivity index (χ1) is 8.37. The molecule has 0 N–H and O–H groups in total. The van der Waals surface area contributed by atoms with Gasteiger partial charge in [-0.15, -0.1) is 0 Å². The Morgan fingerprint density at radius 1 is 1.33 bits per heavy atom. The lowest BCUT2D eigenvalue weighted by Crippen LogP contribution is -2.36. The van der Waals surface area contributed by atoms with E-state index in [1.807, 2.05) is 20.8 Å². The monoisotopic (exact) mass is 253 g/mol. The maximum atomic E-state index is 11.9. The lowest BCUT2D eigenvalue weighted by molar-refractivity contribution is -0.122. The van der Waals surface area contributed by atoms with Crippen LogP contribution in [0.5, 0.6) is 0 Å². The molecule has 1 aliphatic heterocycles. The van der Waals surface area contributed by atoms with E-state index in [4.69, 9.17) is 4.74 Å². The number of hydrogen-bond acceptors (Lipinski definition) is 3. The van der Waals surface area contributed by atoms with Gasteiger partial charge < -0.3 is 9.64 Å². The summed E-state index contributed by atoms with van der Waals surface area (Å²) in [6.07, 6.45) is 3.46. The van der Waals surface area contributed by atoms with E-state index < -0.39 is 5.60 Å². The van der Waals surface area contributed by atoms with E-state index in [9.17, 15) is 9.59 Å². The number of likely N-dealkylation sites (tertiary alicyclic amines) is 1. The van der Waals surface area contributed by atoms with Crippen LogP contribution in [0.1, 0.15) is 46.5 Å². The van der Waals surface area contributed by atoms with Gasteiger partial charge in [0, 0.05) is 25.4 Å². The molecule has 4 nitrogen and oxygen atoms in total. The molecule has 0 spiro atoms. The second-order valence-electron chi connectivity index (χ2n) is 6.44. The van der Waals surface area contributed by atoms with Gasteiger partial charge in [0.1, 0.15) is 11.4 Å². The molecule has 2 aliphatic rings. The van der Waals surface area contributed by atoms with Gasteiger partial charge in [-0.3, -0.25) is 4.79 Å². The molecule has 1 amide bonds. The number of Topliss-reactive ketones (excluding diaryl/α,β-unsaturated/α-hetero) is 1. The van der Waals surface area contributed by atoms with Crippen molar-refractivity contribution in [3.63, 3.8) is 0 Å². The highest BCUT2D eigenvalue weighted by Crippen LogP contribution is 2.34. The zero-order valence-corrected chi connectivity index (χ0v) is 11.6. The molecule has 102 valence electrons. The van der Waals surface area contributed by atoms with Crippen molar-refractivity contribution in [3.05, 3.63) is 0 Å². The Morgan fingerprint density at radius 2 is 2.06 bits per heavy atom. The van der Waals surface area contributed by atoms with E-state index in [1.165, 1.54) is 0 Å². The van der Waals surface area contributed by atoms with Crippen molar-refractivity contribution < 1.29 is 14.3 Å². The molecule has 1 heterocycles. The van der Waals surface area contributed by atoms with Gasteiger partial charge in [0.15, 0.2) is 0 Å². The van der Waals surface area contributed by atoms with E-state index in [0.29, 0.717) is 18.2 Å². The average Bonchev–Trinajstić information content (AvgIpc) is 2.82. The minimum Gasteiger partial charge on any atom is -0.444 e. The lowest BCUT2D eigenvalue weighted by Gasteiger charge is -2.25. The number of carbonyl (C=O) groups excluding carboxylic acids is 2. The molecule has 2 atom stereocenters. The minimum atomic E-state index is -0.446. The first kappa shape index (κ1) is 13.4. The number of rotatable bonds is 1. The summed E-state index contributed by atoms with van der Waals surface area (Å²) >= 11 is 0. The number of ketones is 1. The third-order valence-electron chi connectivity index (χ3n) is 3.80. The van der Waals surface area contributed by atoms with Gasteiger partial charge in [0.2, 0.25) is 0 Å². The van der Waals surface area contributed by atoms with Crippen LogP contribution in [-0.4, -0.2) is 35.5 Å². The van der Waals surface area contributed by atoms with Crippen molar-refractivity contribution in [1.29, 1.82) is 0 Å². The standard InChI is InChI=1S/C14H23NO3/c1-14(2,3)18-13(17)15-8-7-10(9-15)11-5-4-6-12(11)16/h10-11H,4-9H2,1-3H3. The van der Waals surface area contributed by atoms with Gasteiger partial charge in [0.05, 0.1) is 0 Å². The van der Waals surface area contributed by atoms with Crippen LogP contribution in [0.3, 0.4) is 0 Å². The molecule has 18 heavy (non-hydrogen) atoms. The van der Waals surface area contributed by atoms with Crippen LogP contribution in [0.4, 0.5) is 4.79 Å². The van der Waals surface area contributed by atoms with E-state index in [0.717, 1.165) is 32.2 Å². The van der Waals surface area contributed by atoms with Crippen LogP contribution in [0.25, 0.3) is 0 Å². The molecule has 4 heteroatoms. The van der Waals surface area contributed by atoms with Gasteiger partial charge in [-0.2, -0.15) is 0 Å². The molecule has 2 rings (SSSR count). The Bertz CT molecular complexity index is 345. The number of hydrogen-bond donors (Lipinski definition) is 0. The topological polar surface area (TPSA) is 46.6 Å². The van der Waals surface area contributed by atoms with Crippen molar-refractivity contribution in [2.45, 2.75) is 52.1 Å². The number of amides is 1. The van der Waals surface area contributed by atoms with E-state index in [-0.39, 0.29) is 12.0 Å². The van der Waals surface area contributed by atoms with E-state index in [2.05, 4.69) is 0 Å². The molecule has 2 fully saturated rings. The molecule has 1 aliphatic carbocycles. The smallest absolute Gasteiger partial charge is 0.410 e. The highest BCUT2D eigenvalue weighted by atomic mass is 16.6. The second kappa shape index (κ2) is 4.90. The first-order valence-corrected chi connectivity index (χ1v) is 6.87. The molecular weight excluding hydrogens is 230 g/mol. The predicted octanol–water partition coefficient (Wildman–Crippen LogP) is 2.61. The maximum Gasteiger partial charge on any atom is 0.410 e. The zero-order valence-electron chi connectivity index (χ0n) is 11.6. The summed E-state index contributed by atoms with van der Waals surface area (Å²) < 4.78 is 5.36. The van der Waals surface area contributed by atoms with Crippen LogP contribution in [0.15, 0.2) is 0 Å². The average molecular weight is 253 g/mol. The summed E-state index contributed by atoms with van der Waals surface area (Å²) in [6, 6.07) is 0. The third kappa shape index (κ3) is 3.03. The molecule has 0 radical (unpaired) electrons. The van der Waals surface area contributed by atoms with Crippen molar-refractivity contribution in [2.24, 2.45) is 11.8 Å². The molecule has 0 aromatic carbocycles. The molecule has 2 unspecified atom stereocenters. The highest BCUT2D eigenvalue weighted by molar-refractivity contribution is 5.83. The summed E-state index contributed by atoms with van der Waals surface area (Å²) in [5.74, 6) is 0.941. The van der Waals surface area contributed by atoms with Gasteiger partial charge in [0.25, 0.3) is 0 Å². The fourth-order valence-corrected chi connectivity index (χ4v) is 2.95. The normalized spacial score (nSPS) is 28.8. The fourth-order valence-electron chi connectivity index (χ4n) is 2.95. The lowest BCUT2D eigenvalue weighted by atomic mass is 9.89. The summed E-state index contributed by atoms with van der Waals surface area (Å²) in [7, 11) is 0. The molecule has 0 aromatic rings. The fraction of sp³-hybridized carbons (Fsp3) is 0.857. The van der Waals surface area contributed by atoms with Crippen molar-refractivity contribution in [1.82, 2.24) is 4.90 Å². The van der Waals surface area contributed by atoms with Crippen LogP contribution < -0.4 is 0 Å². The number of ether oxygens (including phenoxy) is 1. The Morgan fingerprint density at radius 3 is 2.61 bits per heavy atom. The van der Waals surface area contributed by atoms with Crippen LogP contribution in [0, 0.1) is 11.8 Å². The maximum absolute atomic E-state index is 11.9. The molecule has 0 aromatic heterocycles. The van der Waals surface area contributed by atoms with Crippen molar-refractivity contribution in [2.75, 3.05) is 13.1 Å². The Kier molecular flexibility index (Phi) is 3.64. The van der Waals surface area contributed by atoms with Crippen molar-refractivity contribution in [3.8, 4) is 0 Å². The van der Waals surface area contributed by atoms with E-state index >= 15 is 0 Å². The first-order valence-electron chi connectivity index (χ1n) is 6.87. The number of nitrogens with zero attached hydrogens (tertiary/aromatic N) is 1. The largest absolute Gasteiger partial charge is 0.444 e. The predicted molar refractivity (Wildman–Crippen MR) is 68.3 cm³/mol. The van der Waals surface area contributed by atoms with Gasteiger partial charge in [-0.1, -0.05) is 0 Å². The molecule has 1 saturated carbocycles. The van der Waals surface area contributed by atoms with Gasteiger partial charge in [-0.05, 0) is 46.0 Å². The Labute approximate surface area is 109 Å². The quantitative estimate of drug-likeness (QED) is 0.721. The van der Waals surface area contributed by atoms with Gasteiger partial charge in [-0.25, -0.2) is 4.79 Å². The third-order valence-corrected chi connectivity index (χ3v) is 3.80. The number of carbonyl (C=O) groups is 2. The summed E-state index contributed by atoms with van der Waals surface area (Å²) in [5.41, 5.74) is -0.446. The highest BCUT2D eigenvalue weighted by Gasteiger charge is 2.38. The van der Waals surface area contributed by atoms with Gasteiger partial charge >= 0.3 is 6.09 Å². The minimum absolute atomic E-state index is 0.192. The Hall–Kier alpha value is -1.06. The van der Waals surface area contributed by atoms with E-state index in [1.54, 1.807) is 4.90 Å². The molecular formula is C14H23NO3. The molecule has 0 bridgehead atoms. The summed E-state index contributed by atoms with van der Waals surface area (Å²) in [4.78, 5) is 25.4.